The Morgan fingerprint density at radius 3 is 2.38 bits per heavy atom. The van der Waals surface area contributed by atoms with Gasteiger partial charge in [-0.2, -0.15) is 0 Å². The first-order valence-corrected chi connectivity index (χ1v) is 9.98. The number of fused-ring (bicyclic) bond motifs is 1. The van der Waals surface area contributed by atoms with Gasteiger partial charge in [-0.15, -0.1) is 11.3 Å². The van der Waals surface area contributed by atoms with Crippen molar-refractivity contribution in [2.75, 3.05) is 5.43 Å². The van der Waals surface area contributed by atoms with Crippen molar-refractivity contribution >= 4 is 39.1 Å². The Morgan fingerprint density at radius 1 is 1.03 bits per heavy atom. The molecule has 0 fully saturated rings. The molecule has 0 unspecified atom stereocenters. The van der Waals surface area contributed by atoms with Gasteiger partial charge in [-0.05, 0) is 37.1 Å². The number of nitrogens with one attached hydrogen (secondary N) is 1. The van der Waals surface area contributed by atoms with Crippen LogP contribution in [0.2, 0.25) is 0 Å². The number of aromatic nitrogens is 2. The fourth-order valence-corrected chi connectivity index (χ4v) is 4.03. The summed E-state index contributed by atoms with van der Waals surface area (Å²) in [6, 6.07) is 20.8. The van der Waals surface area contributed by atoms with Crippen molar-refractivity contribution in [1.29, 1.82) is 0 Å². The van der Waals surface area contributed by atoms with Crippen LogP contribution in [0.4, 0.5) is 0 Å². The van der Waals surface area contributed by atoms with Gasteiger partial charge in [-0.1, -0.05) is 60.7 Å². The summed E-state index contributed by atoms with van der Waals surface area (Å²) in [5.74, 6) is 0.0585. The normalized spacial score (nSPS) is 11.6. The molecule has 1 amide bonds. The molecular formula is C23H19N3O2S. The number of carbonyl (C=O) groups is 1. The van der Waals surface area contributed by atoms with Crippen molar-refractivity contribution in [2.45, 2.75) is 13.8 Å². The Balaban J connectivity index is 1.77. The van der Waals surface area contributed by atoms with Crippen LogP contribution >= 0.6 is 11.3 Å². The summed E-state index contributed by atoms with van der Waals surface area (Å²) in [4.78, 5) is 32.3. The zero-order valence-electron chi connectivity index (χ0n) is 16.0. The molecule has 0 aliphatic heterocycles. The molecule has 2 aromatic heterocycles. The van der Waals surface area contributed by atoms with Gasteiger partial charge in [0.1, 0.15) is 10.7 Å². The first-order valence-electron chi connectivity index (χ1n) is 9.16. The molecule has 4 rings (SSSR count). The molecule has 0 saturated heterocycles. The van der Waals surface area contributed by atoms with Crippen molar-refractivity contribution in [3.63, 3.8) is 0 Å². The minimum atomic E-state index is -0.377. The molecule has 0 atom stereocenters. The maximum Gasteiger partial charge on any atom is 0.281 e. The highest BCUT2D eigenvalue weighted by atomic mass is 32.1. The highest BCUT2D eigenvalue weighted by molar-refractivity contribution is 7.18. The van der Waals surface area contributed by atoms with Crippen LogP contribution in [0.15, 0.2) is 71.5 Å². The van der Waals surface area contributed by atoms with E-state index in [2.05, 4.69) is 10.4 Å². The van der Waals surface area contributed by atoms with E-state index < -0.39 is 0 Å². The summed E-state index contributed by atoms with van der Waals surface area (Å²) in [7, 11) is 0. The maximum absolute atomic E-state index is 13.2. The summed E-state index contributed by atoms with van der Waals surface area (Å²) < 4.78 is 1.22. The van der Waals surface area contributed by atoms with Crippen LogP contribution in [-0.4, -0.2) is 15.6 Å². The van der Waals surface area contributed by atoms with E-state index in [1.165, 1.54) is 16.0 Å². The first kappa shape index (κ1) is 18.8. The lowest BCUT2D eigenvalue weighted by Crippen LogP contribution is -2.35. The van der Waals surface area contributed by atoms with Gasteiger partial charge in [-0.3, -0.25) is 15.0 Å². The standard InChI is InChI=1S/C23H19N3O2S/c1-15-13-20-22(29-15)24-16(2)26(23(20)28)25-21(27)19(18-11-7-4-8-12-18)14-17-9-5-3-6-10-17/h3-14H,1-2H3,(H,25,27)/b19-14-. The molecule has 2 aromatic carbocycles. The number of aryl methyl sites for hydroxylation is 2. The van der Waals surface area contributed by atoms with Crippen LogP contribution in [0.5, 0.6) is 0 Å². The highest BCUT2D eigenvalue weighted by Gasteiger charge is 2.16. The predicted octanol–water partition coefficient (Wildman–Crippen LogP) is 4.39. The summed E-state index contributed by atoms with van der Waals surface area (Å²) >= 11 is 1.46. The number of carbonyl (C=O) groups excluding carboxylic acids is 1. The molecule has 0 spiro atoms. The van der Waals surface area contributed by atoms with Gasteiger partial charge >= 0.3 is 0 Å². The maximum atomic E-state index is 13.2. The van der Waals surface area contributed by atoms with Crippen LogP contribution in [0.3, 0.4) is 0 Å². The number of hydrogen-bond donors (Lipinski definition) is 1. The van der Waals surface area contributed by atoms with E-state index in [0.29, 0.717) is 21.6 Å². The number of benzene rings is 2. The average Bonchev–Trinajstić information content (AvgIpc) is 3.11. The van der Waals surface area contributed by atoms with Crippen molar-refractivity contribution in [3.8, 4) is 0 Å². The molecule has 0 radical (unpaired) electrons. The zero-order chi connectivity index (χ0) is 20.4. The molecular weight excluding hydrogens is 382 g/mol. The lowest BCUT2D eigenvalue weighted by atomic mass is 10.0. The van der Waals surface area contributed by atoms with E-state index in [1.54, 1.807) is 13.0 Å². The van der Waals surface area contributed by atoms with E-state index in [9.17, 15) is 9.59 Å². The van der Waals surface area contributed by atoms with Crippen molar-refractivity contribution in [2.24, 2.45) is 0 Å². The molecule has 0 aliphatic rings. The van der Waals surface area contributed by atoms with Gasteiger partial charge in [0.05, 0.1) is 5.39 Å². The largest absolute Gasteiger partial charge is 0.281 e. The van der Waals surface area contributed by atoms with E-state index >= 15 is 0 Å². The van der Waals surface area contributed by atoms with Gasteiger partial charge in [0.15, 0.2) is 0 Å². The Hall–Kier alpha value is -3.51. The minimum absolute atomic E-state index is 0.280. The second-order valence-electron chi connectivity index (χ2n) is 6.65. The Kier molecular flexibility index (Phi) is 5.10. The zero-order valence-corrected chi connectivity index (χ0v) is 16.9. The van der Waals surface area contributed by atoms with Crippen molar-refractivity contribution in [1.82, 2.24) is 9.66 Å². The molecule has 0 saturated carbocycles. The van der Waals surface area contributed by atoms with E-state index in [0.717, 1.165) is 16.0 Å². The highest BCUT2D eigenvalue weighted by Crippen LogP contribution is 2.21. The van der Waals surface area contributed by atoms with Crippen LogP contribution < -0.4 is 11.0 Å². The van der Waals surface area contributed by atoms with Gasteiger partial charge < -0.3 is 0 Å². The molecule has 5 nitrogen and oxygen atoms in total. The smallest absolute Gasteiger partial charge is 0.267 e. The number of hydrogen-bond acceptors (Lipinski definition) is 4. The monoisotopic (exact) mass is 401 g/mol. The topological polar surface area (TPSA) is 64.0 Å². The molecule has 144 valence electrons. The number of thiophene rings is 1. The number of nitrogens with zero attached hydrogens (tertiary/aromatic N) is 2. The third kappa shape index (κ3) is 3.88. The lowest BCUT2D eigenvalue weighted by molar-refractivity contribution is -0.111. The van der Waals surface area contributed by atoms with Gasteiger partial charge in [0.25, 0.3) is 11.5 Å². The fraction of sp³-hybridized carbons (Fsp3) is 0.0870. The summed E-state index contributed by atoms with van der Waals surface area (Å²) in [5, 5.41) is 0.506. The number of rotatable bonds is 4. The van der Waals surface area contributed by atoms with E-state index in [1.807, 2.05) is 73.7 Å². The van der Waals surface area contributed by atoms with Crippen LogP contribution in [-0.2, 0) is 4.79 Å². The summed E-state index contributed by atoms with van der Waals surface area (Å²) in [6.07, 6.45) is 1.81. The summed E-state index contributed by atoms with van der Waals surface area (Å²) in [6.45, 7) is 3.64. The van der Waals surface area contributed by atoms with Crippen LogP contribution in [0, 0.1) is 13.8 Å². The molecule has 0 bridgehead atoms. The molecule has 0 aliphatic carbocycles. The molecule has 4 aromatic rings. The molecule has 29 heavy (non-hydrogen) atoms. The third-order valence-electron chi connectivity index (χ3n) is 4.51. The second kappa shape index (κ2) is 7.85. The fourth-order valence-electron chi connectivity index (χ4n) is 3.11. The van der Waals surface area contributed by atoms with Crippen LogP contribution in [0.25, 0.3) is 21.9 Å². The van der Waals surface area contributed by atoms with Gasteiger partial charge in [0, 0.05) is 10.5 Å². The van der Waals surface area contributed by atoms with E-state index in [-0.39, 0.29) is 11.5 Å². The Labute approximate surface area is 171 Å². The van der Waals surface area contributed by atoms with Gasteiger partial charge in [0.2, 0.25) is 0 Å². The third-order valence-corrected chi connectivity index (χ3v) is 5.45. The molecule has 1 N–H and O–H groups in total. The predicted molar refractivity (Wildman–Crippen MR) is 118 cm³/mol. The molecule has 6 heteroatoms. The van der Waals surface area contributed by atoms with E-state index in [4.69, 9.17) is 0 Å². The SMILES string of the molecule is Cc1cc2c(=O)n(NC(=O)/C(=C\c3ccccc3)c3ccccc3)c(C)nc2s1. The first-order chi connectivity index (χ1) is 14.0. The second-order valence-corrected chi connectivity index (χ2v) is 7.89. The Morgan fingerprint density at radius 2 is 1.69 bits per heavy atom. The average molecular weight is 401 g/mol. The lowest BCUT2D eigenvalue weighted by Gasteiger charge is -2.13. The van der Waals surface area contributed by atoms with Crippen molar-refractivity contribution in [3.05, 3.63) is 98.9 Å². The quantitative estimate of drug-likeness (QED) is 0.408. The Bertz CT molecular complexity index is 1270. The van der Waals surface area contributed by atoms with Crippen LogP contribution in [0.1, 0.15) is 21.8 Å². The number of amides is 1. The van der Waals surface area contributed by atoms with Gasteiger partial charge in [-0.25, -0.2) is 9.66 Å². The van der Waals surface area contributed by atoms with Crippen molar-refractivity contribution < 1.29 is 4.79 Å². The summed E-state index contributed by atoms with van der Waals surface area (Å²) in [5.41, 5.74) is 4.58. The molecule has 2 heterocycles. The minimum Gasteiger partial charge on any atom is -0.267 e.